The Morgan fingerprint density at radius 2 is 2.27 bits per heavy atom. The molecule has 0 saturated carbocycles. The Morgan fingerprint density at radius 3 is 2.80 bits per heavy atom. The van der Waals surface area contributed by atoms with E-state index in [1.54, 1.807) is 0 Å². The summed E-state index contributed by atoms with van der Waals surface area (Å²) in [4.78, 5) is 0. The van der Waals surface area contributed by atoms with Crippen molar-refractivity contribution < 1.29 is 13.5 Å². The van der Waals surface area contributed by atoms with E-state index in [4.69, 9.17) is 16.7 Å². The minimum absolute atomic E-state index is 0.0448. The molecule has 1 saturated heterocycles. The van der Waals surface area contributed by atoms with Gasteiger partial charge in [0.1, 0.15) is 0 Å². The zero-order chi connectivity index (χ0) is 11.5. The van der Waals surface area contributed by atoms with Crippen LogP contribution in [0.1, 0.15) is 19.8 Å². The van der Waals surface area contributed by atoms with Gasteiger partial charge in [0.05, 0.1) is 12.4 Å². The van der Waals surface area contributed by atoms with E-state index in [0.717, 1.165) is 12.8 Å². The maximum Gasteiger partial charge on any atom is 0.214 e. The fraction of sp³-hybridized carbons (Fsp3) is 1.00. The molecule has 15 heavy (non-hydrogen) atoms. The van der Waals surface area contributed by atoms with E-state index in [1.165, 1.54) is 4.31 Å². The van der Waals surface area contributed by atoms with Gasteiger partial charge in [-0.25, -0.2) is 8.42 Å². The van der Waals surface area contributed by atoms with Gasteiger partial charge in [-0.1, -0.05) is 6.92 Å². The smallest absolute Gasteiger partial charge is 0.214 e. The van der Waals surface area contributed by atoms with E-state index in [0.29, 0.717) is 12.4 Å². The molecule has 1 fully saturated rings. The second-order valence-electron chi connectivity index (χ2n) is 4.13. The van der Waals surface area contributed by atoms with Crippen molar-refractivity contribution in [2.45, 2.75) is 25.8 Å². The highest BCUT2D eigenvalue weighted by Gasteiger charge is 2.34. The molecular formula is C9H18ClNO3S. The third kappa shape index (κ3) is 3.31. The Balaban J connectivity index is 2.68. The van der Waals surface area contributed by atoms with E-state index < -0.39 is 10.0 Å². The molecule has 0 aromatic carbocycles. The van der Waals surface area contributed by atoms with Crippen LogP contribution in [0.5, 0.6) is 0 Å². The molecule has 0 spiro atoms. The monoisotopic (exact) mass is 255 g/mol. The molecule has 0 bridgehead atoms. The zero-order valence-corrected chi connectivity index (χ0v) is 10.5. The van der Waals surface area contributed by atoms with Crippen molar-refractivity contribution in [2.75, 3.05) is 24.8 Å². The zero-order valence-electron chi connectivity index (χ0n) is 8.89. The topological polar surface area (TPSA) is 57.6 Å². The lowest BCUT2D eigenvalue weighted by atomic mass is 10.2. The van der Waals surface area contributed by atoms with Crippen LogP contribution in [0.25, 0.3) is 0 Å². The van der Waals surface area contributed by atoms with Crippen molar-refractivity contribution in [3.8, 4) is 0 Å². The summed E-state index contributed by atoms with van der Waals surface area (Å²) in [5.74, 6) is 0.376. The van der Waals surface area contributed by atoms with Gasteiger partial charge >= 0.3 is 0 Å². The molecule has 90 valence electrons. The molecule has 2 atom stereocenters. The normalized spacial score (nSPS) is 25.7. The van der Waals surface area contributed by atoms with Gasteiger partial charge in [-0.05, 0) is 18.8 Å². The molecule has 1 aliphatic heterocycles. The predicted molar refractivity (Wildman–Crippen MR) is 60.5 cm³/mol. The third-order valence-electron chi connectivity index (χ3n) is 2.65. The molecule has 0 aromatic rings. The first-order valence-corrected chi connectivity index (χ1v) is 7.32. The van der Waals surface area contributed by atoms with E-state index in [-0.39, 0.29) is 24.3 Å². The summed E-state index contributed by atoms with van der Waals surface area (Å²) in [5.41, 5.74) is 0. The molecule has 4 nitrogen and oxygen atoms in total. The van der Waals surface area contributed by atoms with Gasteiger partial charge in [0.2, 0.25) is 10.0 Å². The molecule has 0 aromatic heterocycles. The van der Waals surface area contributed by atoms with Gasteiger partial charge in [-0.3, -0.25) is 0 Å². The maximum absolute atomic E-state index is 11.9. The fourth-order valence-corrected chi connectivity index (χ4v) is 4.16. The van der Waals surface area contributed by atoms with E-state index in [9.17, 15) is 8.42 Å². The quantitative estimate of drug-likeness (QED) is 0.734. The lowest BCUT2D eigenvalue weighted by Gasteiger charge is -2.23. The van der Waals surface area contributed by atoms with Gasteiger partial charge < -0.3 is 5.11 Å². The standard InChI is InChI=1S/C9H18ClNO3S/c1-8(5-10)7-15(13,14)11-4-2-3-9(11)6-12/h8-9,12H,2-7H2,1H3/t8?,9-/m0/s1. The molecular weight excluding hydrogens is 238 g/mol. The summed E-state index contributed by atoms with van der Waals surface area (Å²) in [6, 6.07) is -0.225. The highest BCUT2D eigenvalue weighted by atomic mass is 35.5. The molecule has 1 rings (SSSR count). The van der Waals surface area contributed by atoms with Crippen LogP contribution in [0.3, 0.4) is 0 Å². The Morgan fingerprint density at radius 1 is 1.60 bits per heavy atom. The van der Waals surface area contributed by atoms with Crippen LogP contribution in [0.4, 0.5) is 0 Å². The SMILES string of the molecule is CC(CCl)CS(=O)(=O)N1CCC[C@H]1CO. The summed E-state index contributed by atoms with van der Waals surface area (Å²) in [7, 11) is -3.24. The molecule has 0 amide bonds. The summed E-state index contributed by atoms with van der Waals surface area (Å²) in [6.07, 6.45) is 1.59. The second-order valence-corrected chi connectivity index (χ2v) is 6.40. The van der Waals surface area contributed by atoms with E-state index >= 15 is 0 Å². The van der Waals surface area contributed by atoms with Crippen molar-refractivity contribution in [2.24, 2.45) is 5.92 Å². The van der Waals surface area contributed by atoms with Crippen LogP contribution in [-0.4, -0.2) is 48.7 Å². The van der Waals surface area contributed by atoms with Gasteiger partial charge in [-0.2, -0.15) is 4.31 Å². The first kappa shape index (κ1) is 13.2. The number of hydrogen-bond donors (Lipinski definition) is 1. The molecule has 0 aliphatic carbocycles. The Kier molecular flexibility index (Phi) is 4.83. The number of halogens is 1. The highest BCUT2D eigenvalue weighted by molar-refractivity contribution is 7.89. The van der Waals surface area contributed by atoms with Crippen LogP contribution in [0.15, 0.2) is 0 Å². The minimum atomic E-state index is -3.24. The highest BCUT2D eigenvalue weighted by Crippen LogP contribution is 2.22. The van der Waals surface area contributed by atoms with Crippen molar-refractivity contribution >= 4 is 21.6 Å². The molecule has 1 aliphatic rings. The van der Waals surface area contributed by atoms with Crippen LogP contribution in [-0.2, 0) is 10.0 Å². The Labute approximate surface area is 96.3 Å². The summed E-state index contributed by atoms with van der Waals surface area (Å²) >= 11 is 5.60. The van der Waals surface area contributed by atoms with Gasteiger partial charge in [0.15, 0.2) is 0 Å². The number of sulfonamides is 1. The second kappa shape index (κ2) is 5.48. The molecule has 1 N–H and O–H groups in total. The largest absolute Gasteiger partial charge is 0.395 e. The van der Waals surface area contributed by atoms with Crippen molar-refractivity contribution in [1.29, 1.82) is 0 Å². The fourth-order valence-electron chi connectivity index (χ4n) is 1.86. The lowest BCUT2D eigenvalue weighted by molar-refractivity contribution is 0.213. The van der Waals surface area contributed by atoms with Gasteiger partial charge in [0.25, 0.3) is 0 Å². The predicted octanol–water partition coefficient (Wildman–Crippen LogP) is 0.648. The minimum Gasteiger partial charge on any atom is -0.395 e. The van der Waals surface area contributed by atoms with Gasteiger partial charge in [-0.15, -0.1) is 11.6 Å². The molecule has 6 heteroatoms. The summed E-state index contributed by atoms with van der Waals surface area (Å²) in [5, 5.41) is 9.06. The first-order valence-electron chi connectivity index (χ1n) is 5.17. The average molecular weight is 256 g/mol. The number of rotatable bonds is 5. The van der Waals surface area contributed by atoms with Crippen molar-refractivity contribution in [1.82, 2.24) is 4.31 Å². The molecule has 1 heterocycles. The average Bonchev–Trinajstić information content (AvgIpc) is 2.65. The third-order valence-corrected chi connectivity index (χ3v) is 5.36. The van der Waals surface area contributed by atoms with Crippen molar-refractivity contribution in [3.63, 3.8) is 0 Å². The first-order chi connectivity index (χ1) is 7.01. The van der Waals surface area contributed by atoms with Crippen LogP contribution < -0.4 is 0 Å². The number of aliphatic hydroxyl groups excluding tert-OH is 1. The molecule has 1 unspecified atom stereocenters. The molecule has 0 radical (unpaired) electrons. The number of aliphatic hydroxyl groups is 1. The van der Waals surface area contributed by atoms with E-state index in [2.05, 4.69) is 0 Å². The van der Waals surface area contributed by atoms with Crippen LogP contribution in [0, 0.1) is 5.92 Å². The van der Waals surface area contributed by atoms with Gasteiger partial charge in [0, 0.05) is 18.5 Å². The Bertz CT molecular complexity index is 294. The van der Waals surface area contributed by atoms with Crippen LogP contribution >= 0.6 is 11.6 Å². The number of nitrogens with zero attached hydrogens (tertiary/aromatic N) is 1. The van der Waals surface area contributed by atoms with E-state index in [1.807, 2.05) is 6.92 Å². The maximum atomic E-state index is 11.9. The number of hydrogen-bond acceptors (Lipinski definition) is 3. The summed E-state index contributed by atoms with van der Waals surface area (Å²) < 4.78 is 25.3. The Hall–Kier alpha value is 0.160. The summed E-state index contributed by atoms with van der Waals surface area (Å²) in [6.45, 7) is 2.26. The van der Waals surface area contributed by atoms with Crippen LogP contribution in [0.2, 0.25) is 0 Å². The lowest BCUT2D eigenvalue weighted by Crippen LogP contribution is -2.40. The van der Waals surface area contributed by atoms with Crippen molar-refractivity contribution in [3.05, 3.63) is 0 Å². The number of alkyl halides is 1.